The Bertz CT molecular complexity index is 755. The fraction of sp³-hybridized carbons (Fsp3) is 0.158. The number of nitrogens with one attached hydrogen (secondary N) is 1. The number of aromatic amines is 1. The van der Waals surface area contributed by atoms with Gasteiger partial charge in [0.05, 0.1) is 0 Å². The molecule has 4 rings (SSSR count). The number of rotatable bonds is 1. The van der Waals surface area contributed by atoms with Gasteiger partial charge in [0.1, 0.15) is 7.69 Å². The second-order valence-corrected chi connectivity index (χ2v) is 7.06. The van der Waals surface area contributed by atoms with Crippen molar-refractivity contribution in [3.63, 3.8) is 0 Å². The quantitative estimate of drug-likeness (QED) is 0.290. The molecule has 1 nitrogen and oxygen atoms in total. The van der Waals surface area contributed by atoms with Gasteiger partial charge in [0.2, 0.25) is 0 Å². The molecule has 0 saturated carbocycles. The summed E-state index contributed by atoms with van der Waals surface area (Å²) in [5, 5.41) is 4.09. The van der Waals surface area contributed by atoms with Crippen molar-refractivity contribution in [2.24, 2.45) is 0 Å². The van der Waals surface area contributed by atoms with E-state index in [-0.39, 0.29) is 58.3 Å². The van der Waals surface area contributed by atoms with Gasteiger partial charge in [-0.05, 0) is 5.30 Å². The van der Waals surface area contributed by atoms with Crippen molar-refractivity contribution in [3.05, 3.63) is 77.8 Å². The molecular weight excluding hydrogens is 523 g/mol. The van der Waals surface area contributed by atoms with Crippen LogP contribution in [-0.4, -0.2) is 0 Å². The maximum Gasteiger partial charge on any atom is 4.00 e. The molecule has 3 aromatic rings. The fourth-order valence-electron chi connectivity index (χ4n) is 2.38. The Morgan fingerprint density at radius 1 is 1.12 bits per heavy atom. The van der Waals surface area contributed by atoms with Gasteiger partial charge in [0.15, 0.2) is 6.20 Å². The first kappa shape index (κ1) is 23.5. The van der Waals surface area contributed by atoms with E-state index in [9.17, 15) is 0 Å². The predicted molar refractivity (Wildman–Crippen MR) is 90.9 cm³/mol. The topological polar surface area (TPSA) is 14.1 Å². The Balaban J connectivity index is 0.000000463. The normalized spacial score (nSPS) is 12.7. The minimum atomic E-state index is -0.273. The first-order chi connectivity index (χ1) is 10.2. The van der Waals surface area contributed by atoms with Crippen molar-refractivity contribution in [2.45, 2.75) is 20.3 Å². The zero-order valence-corrected chi connectivity index (χ0v) is 19.7. The zero-order valence-electron chi connectivity index (χ0n) is 13.7. The number of aromatic nitrogens is 1. The number of H-pyrrole nitrogens is 1. The summed E-state index contributed by atoms with van der Waals surface area (Å²) in [4.78, 5) is 0. The molecule has 5 heteroatoms. The van der Waals surface area contributed by atoms with Gasteiger partial charge in [-0.15, -0.1) is 48.4 Å². The third-order valence-electron chi connectivity index (χ3n) is 3.79. The molecule has 122 valence electrons. The third kappa shape index (κ3) is 5.77. The predicted octanol–water partition coefficient (Wildman–Crippen LogP) is -0.560. The Kier molecular flexibility index (Phi) is 10.9. The molecule has 1 atom stereocenters. The van der Waals surface area contributed by atoms with E-state index in [2.05, 4.69) is 79.0 Å². The van der Waals surface area contributed by atoms with Crippen LogP contribution in [0, 0.1) is 6.08 Å². The van der Waals surface area contributed by atoms with E-state index in [1.807, 2.05) is 6.20 Å². The molecule has 0 aliphatic heterocycles. The number of allylic oxidation sites excluding steroid dienone is 4. The van der Waals surface area contributed by atoms with Crippen molar-refractivity contribution in [3.8, 4) is 5.30 Å². The number of halogens is 2. The molecule has 0 spiro atoms. The molecule has 1 aliphatic rings. The van der Waals surface area contributed by atoms with Gasteiger partial charge in [0.25, 0.3) is 0 Å². The molecule has 0 amide bonds. The summed E-state index contributed by atoms with van der Waals surface area (Å²) in [5.74, 6) is 2.24. The standard InChI is InChI=1S/C12H9NP.C7H9.2ClH.Hf/c1-2-5-11-9-12(8-10(11)4-1)14-7-3-6-13-14;1-6-4-3-5-7(6)2;;;/h1-9H;4H,3H2,1-2H3;2*1H;/q2*-1;;;+4/p-1. The second kappa shape index (κ2) is 11.2. The molecule has 1 aliphatic carbocycles. The van der Waals surface area contributed by atoms with E-state index < -0.39 is 0 Å². The van der Waals surface area contributed by atoms with Crippen LogP contribution < -0.4 is 29.6 Å². The van der Waals surface area contributed by atoms with Crippen LogP contribution in [0.3, 0.4) is 0 Å². The van der Waals surface area contributed by atoms with E-state index in [0.29, 0.717) is 0 Å². The molecule has 24 heavy (non-hydrogen) atoms. The maximum atomic E-state index is 3.36. The molecule has 0 saturated heterocycles. The largest absolute Gasteiger partial charge is 4.00 e. The van der Waals surface area contributed by atoms with E-state index in [1.54, 1.807) is 0 Å². The van der Waals surface area contributed by atoms with E-state index in [0.717, 1.165) is 6.42 Å². The molecular formula is C19H19Cl2HfNP+. The van der Waals surface area contributed by atoms with Crippen LogP contribution in [0.5, 0.6) is 0 Å². The Hall–Kier alpha value is -0.530. The van der Waals surface area contributed by atoms with Crippen LogP contribution in [0.25, 0.3) is 16.1 Å². The van der Waals surface area contributed by atoms with Gasteiger partial charge >= 0.3 is 25.8 Å². The van der Waals surface area contributed by atoms with E-state index in [1.165, 1.54) is 27.2 Å². The van der Waals surface area contributed by atoms with Crippen molar-refractivity contribution >= 4 is 18.5 Å². The van der Waals surface area contributed by atoms with Gasteiger partial charge in [-0.1, -0.05) is 13.0 Å². The van der Waals surface area contributed by atoms with Gasteiger partial charge in [-0.3, -0.25) is 6.08 Å². The van der Waals surface area contributed by atoms with Crippen LogP contribution in [-0.2, 0) is 25.8 Å². The Morgan fingerprint density at radius 2 is 1.88 bits per heavy atom. The molecule has 2 aromatic carbocycles. The fourth-order valence-corrected chi connectivity index (χ4v) is 3.85. The smallest absolute Gasteiger partial charge is 1.00 e. The van der Waals surface area contributed by atoms with Gasteiger partial charge in [-0.25, -0.2) is 15.9 Å². The Morgan fingerprint density at radius 3 is 2.38 bits per heavy atom. The van der Waals surface area contributed by atoms with Crippen LogP contribution in [0.4, 0.5) is 0 Å². The summed E-state index contributed by atoms with van der Waals surface area (Å²) in [5.41, 5.74) is 2.71. The first-order valence-electron chi connectivity index (χ1n) is 7.19. The SMILES string of the molecule is CC1=[C-]CC=C1C.[Cl-].[Cl-].[Hf+4].c1ccc2[cH-]c(-p3ccc[nH+]3)cc2c1. The number of benzene rings is 1. The minimum absolute atomic E-state index is 0. The Labute approximate surface area is 176 Å². The molecule has 0 fully saturated rings. The molecule has 1 aromatic heterocycles. The summed E-state index contributed by atoms with van der Waals surface area (Å²) < 4.78 is 3.36. The molecule has 1 unspecified atom stereocenters. The average Bonchev–Trinajstić information content (AvgIpc) is 3.21. The monoisotopic (exact) mass is 542 g/mol. The van der Waals surface area contributed by atoms with Crippen molar-refractivity contribution in [1.82, 2.24) is 0 Å². The molecule has 1 heterocycles. The number of hydrogen-bond acceptors (Lipinski definition) is 0. The molecule has 0 bridgehead atoms. The third-order valence-corrected chi connectivity index (χ3v) is 5.50. The summed E-state index contributed by atoms with van der Waals surface area (Å²) >= 11 is 0. The number of fused-ring (bicyclic) bond motifs is 1. The van der Waals surface area contributed by atoms with Crippen molar-refractivity contribution < 1.29 is 55.4 Å². The van der Waals surface area contributed by atoms with Gasteiger partial charge in [0, 0.05) is 11.9 Å². The summed E-state index contributed by atoms with van der Waals surface area (Å²) in [6.45, 7) is 4.22. The average molecular weight is 542 g/mol. The van der Waals surface area contributed by atoms with Crippen LogP contribution in [0.15, 0.2) is 71.7 Å². The van der Waals surface area contributed by atoms with Gasteiger partial charge < -0.3 is 24.8 Å². The number of hydrogen-bond donors (Lipinski definition) is 0. The van der Waals surface area contributed by atoms with Crippen LogP contribution >= 0.6 is 7.69 Å². The minimum Gasteiger partial charge on any atom is -1.00 e. The second-order valence-electron chi connectivity index (χ2n) is 5.24. The van der Waals surface area contributed by atoms with E-state index >= 15 is 0 Å². The summed E-state index contributed by atoms with van der Waals surface area (Å²) in [7, 11) is -0.273. The molecule has 0 radical (unpaired) electrons. The zero-order chi connectivity index (χ0) is 14.7. The van der Waals surface area contributed by atoms with Gasteiger partial charge in [-0.2, -0.15) is 12.1 Å². The van der Waals surface area contributed by atoms with Crippen LogP contribution in [0.2, 0.25) is 0 Å². The first-order valence-corrected chi connectivity index (χ1v) is 8.60. The summed E-state index contributed by atoms with van der Waals surface area (Å²) in [6.07, 6.45) is 8.43. The van der Waals surface area contributed by atoms with Crippen LogP contribution in [0.1, 0.15) is 20.3 Å². The van der Waals surface area contributed by atoms with Crippen molar-refractivity contribution in [1.29, 1.82) is 0 Å². The maximum absolute atomic E-state index is 3.36. The molecule has 1 N–H and O–H groups in total. The van der Waals surface area contributed by atoms with Crippen molar-refractivity contribution in [2.75, 3.05) is 0 Å². The summed E-state index contributed by atoms with van der Waals surface area (Å²) in [6, 6.07) is 15.1. The van der Waals surface area contributed by atoms with E-state index in [4.69, 9.17) is 0 Å².